The van der Waals surface area contributed by atoms with Gasteiger partial charge in [0.05, 0.1) is 0 Å². The molecule has 1 nitrogen and oxygen atoms in total. The van der Waals surface area contributed by atoms with Gasteiger partial charge >= 0.3 is 0 Å². The fraction of sp³-hybridized carbons (Fsp3) is 0.727. The molecular weight excluding hydrogens is 214 g/mol. The Bertz CT molecular complexity index is 285. The van der Waals surface area contributed by atoms with Crippen LogP contribution in [0.15, 0.2) is 6.20 Å². The van der Waals surface area contributed by atoms with Crippen molar-refractivity contribution >= 4 is 22.9 Å². The van der Waals surface area contributed by atoms with E-state index in [1.807, 2.05) is 6.20 Å². The predicted molar refractivity (Wildman–Crippen MR) is 64.3 cm³/mol. The monoisotopic (exact) mass is 231 g/mol. The highest BCUT2D eigenvalue weighted by Crippen LogP contribution is 2.37. The number of hydrogen-bond donors (Lipinski definition) is 0. The third kappa shape index (κ3) is 2.71. The number of rotatable bonds is 5. The molecule has 0 aliphatic carbocycles. The van der Waals surface area contributed by atoms with Gasteiger partial charge < -0.3 is 0 Å². The normalized spacial score (nSPS) is 15.4. The fourth-order valence-electron chi connectivity index (χ4n) is 1.57. The third-order valence-electron chi connectivity index (χ3n) is 2.93. The van der Waals surface area contributed by atoms with Crippen molar-refractivity contribution in [2.75, 3.05) is 0 Å². The van der Waals surface area contributed by atoms with Crippen LogP contribution in [0, 0.1) is 0 Å². The molecule has 0 N–H and O–H groups in total. The second kappa shape index (κ2) is 5.13. The van der Waals surface area contributed by atoms with Crippen molar-refractivity contribution in [1.29, 1.82) is 0 Å². The van der Waals surface area contributed by atoms with Crippen molar-refractivity contribution in [3.8, 4) is 0 Å². The third-order valence-corrected chi connectivity index (χ3v) is 4.36. The molecule has 0 fully saturated rings. The van der Waals surface area contributed by atoms with E-state index < -0.39 is 0 Å². The van der Waals surface area contributed by atoms with E-state index in [2.05, 4.69) is 25.8 Å². The zero-order valence-electron chi connectivity index (χ0n) is 9.14. The molecule has 1 aromatic rings. The van der Waals surface area contributed by atoms with E-state index in [1.54, 1.807) is 11.3 Å². The lowest BCUT2D eigenvalue weighted by Crippen LogP contribution is -2.19. The molecule has 1 rings (SSSR count). The number of aromatic nitrogens is 1. The number of unbranched alkanes of at least 4 members (excludes halogenated alkanes) is 1. The van der Waals surface area contributed by atoms with E-state index in [1.165, 1.54) is 24.1 Å². The number of thiazole rings is 1. The molecule has 0 radical (unpaired) electrons. The minimum absolute atomic E-state index is 0.279. The first-order chi connectivity index (χ1) is 6.62. The van der Waals surface area contributed by atoms with Gasteiger partial charge in [0.2, 0.25) is 0 Å². The highest BCUT2D eigenvalue weighted by atomic mass is 35.5. The van der Waals surface area contributed by atoms with E-state index >= 15 is 0 Å². The van der Waals surface area contributed by atoms with Gasteiger partial charge in [0, 0.05) is 16.5 Å². The van der Waals surface area contributed by atoms with Gasteiger partial charge in [0.25, 0.3) is 0 Å². The van der Waals surface area contributed by atoms with Gasteiger partial charge in [-0.15, -0.1) is 11.3 Å². The Hall–Kier alpha value is -0.0800. The summed E-state index contributed by atoms with van der Waals surface area (Å²) in [5.41, 5.74) is 0.279. The molecule has 14 heavy (non-hydrogen) atoms. The molecule has 1 aromatic heterocycles. The number of hydrogen-bond acceptors (Lipinski definition) is 2. The van der Waals surface area contributed by atoms with Gasteiger partial charge in [0.1, 0.15) is 0 Å². The minimum Gasteiger partial charge on any atom is -0.233 e. The molecule has 1 atom stereocenters. The maximum atomic E-state index is 5.86. The second-order valence-corrected chi connectivity index (χ2v) is 5.61. The van der Waals surface area contributed by atoms with E-state index in [4.69, 9.17) is 11.6 Å². The van der Waals surface area contributed by atoms with Gasteiger partial charge in [0.15, 0.2) is 4.47 Å². The summed E-state index contributed by atoms with van der Waals surface area (Å²) in [5, 5.41) is 0. The molecule has 1 unspecified atom stereocenters. The molecule has 1 heterocycles. The van der Waals surface area contributed by atoms with Crippen LogP contribution in [0.25, 0.3) is 0 Å². The minimum atomic E-state index is 0.279. The van der Waals surface area contributed by atoms with Crippen LogP contribution in [0.4, 0.5) is 0 Å². The van der Waals surface area contributed by atoms with Crippen LogP contribution in [-0.2, 0) is 5.41 Å². The van der Waals surface area contributed by atoms with E-state index in [0.717, 1.165) is 6.42 Å². The lowest BCUT2D eigenvalue weighted by Gasteiger charge is -2.26. The van der Waals surface area contributed by atoms with Gasteiger partial charge in [-0.05, 0) is 12.8 Å². The Labute approximate surface area is 95.5 Å². The number of halogens is 1. The molecule has 0 amide bonds. The molecule has 3 heteroatoms. The van der Waals surface area contributed by atoms with Gasteiger partial charge in [-0.1, -0.05) is 45.2 Å². The van der Waals surface area contributed by atoms with Crippen molar-refractivity contribution in [2.45, 2.75) is 51.9 Å². The van der Waals surface area contributed by atoms with Gasteiger partial charge in [-0.25, -0.2) is 4.98 Å². The Kier molecular flexibility index (Phi) is 4.39. The first kappa shape index (κ1) is 12.0. The zero-order valence-corrected chi connectivity index (χ0v) is 10.7. The topological polar surface area (TPSA) is 12.9 Å². The first-order valence-electron chi connectivity index (χ1n) is 5.24. The Morgan fingerprint density at radius 1 is 1.50 bits per heavy atom. The summed E-state index contributed by atoms with van der Waals surface area (Å²) >= 11 is 7.49. The zero-order chi connectivity index (χ0) is 10.6. The quantitative estimate of drug-likeness (QED) is 0.719. The lowest BCUT2D eigenvalue weighted by atomic mass is 9.81. The standard InChI is InChI=1S/C11H18ClNS/c1-4-6-7-11(3,5-2)9-8-13-10(12)14-9/h8H,4-7H2,1-3H3. The molecule has 0 saturated carbocycles. The molecule has 0 spiro atoms. The Morgan fingerprint density at radius 3 is 2.64 bits per heavy atom. The average molecular weight is 232 g/mol. The summed E-state index contributed by atoms with van der Waals surface area (Å²) in [4.78, 5) is 5.45. The molecule has 80 valence electrons. The molecule has 0 bridgehead atoms. The molecule has 0 aliphatic rings. The number of nitrogens with zero attached hydrogens (tertiary/aromatic N) is 1. The van der Waals surface area contributed by atoms with Crippen LogP contribution in [0.2, 0.25) is 4.47 Å². The van der Waals surface area contributed by atoms with E-state index in [9.17, 15) is 0 Å². The lowest BCUT2D eigenvalue weighted by molar-refractivity contribution is 0.410. The SMILES string of the molecule is CCCCC(C)(CC)c1cnc(Cl)s1. The van der Waals surface area contributed by atoms with Crippen molar-refractivity contribution in [3.63, 3.8) is 0 Å². The van der Waals surface area contributed by atoms with Crippen LogP contribution >= 0.6 is 22.9 Å². The van der Waals surface area contributed by atoms with E-state index in [0.29, 0.717) is 4.47 Å². The fourth-order valence-corrected chi connectivity index (χ4v) is 2.76. The van der Waals surface area contributed by atoms with Crippen LogP contribution < -0.4 is 0 Å². The molecule has 0 aromatic carbocycles. The summed E-state index contributed by atoms with van der Waals surface area (Å²) in [6.45, 7) is 6.78. The summed E-state index contributed by atoms with van der Waals surface area (Å²) in [6.07, 6.45) is 6.86. The molecular formula is C11H18ClNS. The smallest absolute Gasteiger partial charge is 0.183 e. The van der Waals surface area contributed by atoms with Gasteiger partial charge in [-0.3, -0.25) is 0 Å². The highest BCUT2D eigenvalue weighted by Gasteiger charge is 2.26. The predicted octanol–water partition coefficient (Wildman–Crippen LogP) is 4.65. The van der Waals surface area contributed by atoms with E-state index in [-0.39, 0.29) is 5.41 Å². The van der Waals surface area contributed by atoms with Crippen molar-refractivity contribution in [2.24, 2.45) is 0 Å². The Morgan fingerprint density at radius 2 is 2.21 bits per heavy atom. The summed E-state index contributed by atoms with van der Waals surface area (Å²) in [7, 11) is 0. The molecule has 0 saturated heterocycles. The highest BCUT2D eigenvalue weighted by molar-refractivity contribution is 7.15. The maximum Gasteiger partial charge on any atom is 0.183 e. The van der Waals surface area contributed by atoms with Crippen molar-refractivity contribution in [3.05, 3.63) is 15.5 Å². The summed E-state index contributed by atoms with van der Waals surface area (Å²) in [6, 6.07) is 0. The maximum absolute atomic E-state index is 5.86. The molecule has 0 aliphatic heterocycles. The van der Waals surface area contributed by atoms with Crippen molar-refractivity contribution in [1.82, 2.24) is 4.98 Å². The van der Waals surface area contributed by atoms with Crippen LogP contribution in [0.1, 0.15) is 51.3 Å². The van der Waals surface area contributed by atoms with Crippen LogP contribution in [0.5, 0.6) is 0 Å². The second-order valence-electron chi connectivity index (χ2n) is 4.00. The van der Waals surface area contributed by atoms with Crippen molar-refractivity contribution < 1.29 is 0 Å². The summed E-state index contributed by atoms with van der Waals surface area (Å²) < 4.78 is 0.663. The average Bonchev–Trinajstić information content (AvgIpc) is 2.62. The van der Waals surface area contributed by atoms with Crippen LogP contribution in [0.3, 0.4) is 0 Å². The van der Waals surface area contributed by atoms with Crippen LogP contribution in [-0.4, -0.2) is 4.98 Å². The Balaban J connectivity index is 2.78. The first-order valence-corrected chi connectivity index (χ1v) is 6.43. The largest absolute Gasteiger partial charge is 0.233 e. The summed E-state index contributed by atoms with van der Waals surface area (Å²) in [5.74, 6) is 0. The van der Waals surface area contributed by atoms with Gasteiger partial charge in [-0.2, -0.15) is 0 Å².